The Morgan fingerprint density at radius 2 is 2.08 bits per heavy atom. The molecule has 0 aromatic carbocycles. The molecule has 0 N–H and O–H groups in total. The number of aromatic nitrogens is 5. The first-order valence-corrected chi connectivity index (χ1v) is 7.93. The maximum Gasteiger partial charge on any atom is 0.280 e. The van der Waals surface area contributed by atoms with E-state index < -0.39 is 17.7 Å². The fraction of sp³-hybridized carbons (Fsp3) is 0.600. The minimum Gasteiger partial charge on any atom is -0.299 e. The highest BCUT2D eigenvalue weighted by atomic mass is 19.3. The number of aryl methyl sites for hydroxylation is 1. The van der Waals surface area contributed by atoms with Gasteiger partial charge in [-0.25, -0.2) is 13.8 Å². The maximum absolute atomic E-state index is 12.5. The molecule has 24 heavy (non-hydrogen) atoms. The van der Waals surface area contributed by atoms with E-state index in [9.17, 15) is 13.6 Å². The van der Waals surface area contributed by atoms with E-state index in [-0.39, 0.29) is 0 Å². The normalized spacial score (nSPS) is 16.8. The summed E-state index contributed by atoms with van der Waals surface area (Å²) in [5, 5.41) is 7.80. The van der Waals surface area contributed by atoms with Gasteiger partial charge in [-0.05, 0) is 31.8 Å². The summed E-state index contributed by atoms with van der Waals surface area (Å²) in [7, 11) is 1.87. The van der Waals surface area contributed by atoms with Crippen molar-refractivity contribution in [2.45, 2.75) is 32.4 Å². The highest BCUT2D eigenvalue weighted by molar-refractivity contribution is 5.01. The van der Waals surface area contributed by atoms with Crippen LogP contribution in [0.5, 0.6) is 0 Å². The Bertz CT molecular complexity index is 736. The molecule has 0 bridgehead atoms. The predicted molar refractivity (Wildman–Crippen MR) is 82.5 cm³/mol. The number of hydrogen-bond acceptors (Lipinski definition) is 5. The number of hydrogen-bond donors (Lipinski definition) is 0. The lowest BCUT2D eigenvalue weighted by molar-refractivity contribution is 0.144. The van der Waals surface area contributed by atoms with E-state index in [1.165, 1.54) is 10.9 Å². The van der Waals surface area contributed by atoms with Crippen molar-refractivity contribution in [1.82, 2.24) is 29.4 Å². The van der Waals surface area contributed by atoms with Gasteiger partial charge in [-0.15, -0.1) is 5.10 Å². The van der Waals surface area contributed by atoms with Crippen molar-refractivity contribution < 1.29 is 8.78 Å². The second-order valence-corrected chi connectivity index (χ2v) is 6.17. The molecule has 0 spiro atoms. The van der Waals surface area contributed by atoms with Gasteiger partial charge in [0.2, 0.25) is 0 Å². The SMILES string of the molecule is Cn1nncc1CN1CCC(Cn2cnc(C(F)F)cc2=O)CC1. The molecule has 0 unspecified atom stereocenters. The van der Waals surface area contributed by atoms with Gasteiger partial charge in [0.15, 0.2) is 0 Å². The Morgan fingerprint density at radius 1 is 1.33 bits per heavy atom. The fourth-order valence-electron chi connectivity index (χ4n) is 2.98. The lowest BCUT2D eigenvalue weighted by Gasteiger charge is -2.31. The van der Waals surface area contributed by atoms with Gasteiger partial charge in [-0.3, -0.25) is 18.9 Å². The summed E-state index contributed by atoms with van der Waals surface area (Å²) in [6.07, 6.45) is 2.19. The van der Waals surface area contributed by atoms with E-state index in [4.69, 9.17) is 0 Å². The molecular weight excluding hydrogens is 318 g/mol. The van der Waals surface area contributed by atoms with Gasteiger partial charge in [-0.1, -0.05) is 5.21 Å². The quantitative estimate of drug-likeness (QED) is 0.820. The third kappa shape index (κ3) is 3.84. The second kappa shape index (κ2) is 7.16. The molecule has 0 radical (unpaired) electrons. The molecule has 1 aliphatic rings. The third-order valence-electron chi connectivity index (χ3n) is 4.48. The Labute approximate surface area is 137 Å². The maximum atomic E-state index is 12.5. The molecule has 3 rings (SSSR count). The van der Waals surface area contributed by atoms with Crippen molar-refractivity contribution in [3.63, 3.8) is 0 Å². The smallest absolute Gasteiger partial charge is 0.280 e. The van der Waals surface area contributed by atoms with Crippen LogP contribution in [0, 0.1) is 5.92 Å². The highest BCUT2D eigenvalue weighted by Gasteiger charge is 2.21. The van der Waals surface area contributed by atoms with E-state index in [0.717, 1.165) is 44.2 Å². The van der Waals surface area contributed by atoms with Crippen molar-refractivity contribution in [1.29, 1.82) is 0 Å². The second-order valence-electron chi connectivity index (χ2n) is 6.17. The number of piperidine rings is 1. The fourth-order valence-corrected chi connectivity index (χ4v) is 2.98. The van der Waals surface area contributed by atoms with E-state index in [1.54, 1.807) is 10.9 Å². The molecule has 0 aliphatic carbocycles. The average Bonchev–Trinajstić information content (AvgIpc) is 2.96. The highest BCUT2D eigenvalue weighted by Crippen LogP contribution is 2.20. The summed E-state index contributed by atoms with van der Waals surface area (Å²) in [4.78, 5) is 17.9. The molecule has 0 atom stereocenters. The molecule has 3 heterocycles. The van der Waals surface area contributed by atoms with Crippen molar-refractivity contribution in [3.8, 4) is 0 Å². The molecule has 1 fully saturated rings. The van der Waals surface area contributed by atoms with Gasteiger partial charge in [0.1, 0.15) is 5.69 Å². The van der Waals surface area contributed by atoms with E-state index in [1.807, 2.05) is 7.05 Å². The summed E-state index contributed by atoms with van der Waals surface area (Å²) >= 11 is 0. The van der Waals surface area contributed by atoms with Gasteiger partial charge >= 0.3 is 0 Å². The first-order chi connectivity index (χ1) is 11.5. The van der Waals surface area contributed by atoms with E-state index in [2.05, 4.69) is 20.2 Å². The zero-order chi connectivity index (χ0) is 17.1. The molecule has 130 valence electrons. The predicted octanol–water partition coefficient (Wildman–Crippen LogP) is 1.22. The summed E-state index contributed by atoms with van der Waals surface area (Å²) in [6, 6.07) is 0.926. The lowest BCUT2D eigenvalue weighted by Crippen LogP contribution is -2.36. The van der Waals surface area contributed by atoms with Crippen molar-refractivity contribution in [2.75, 3.05) is 13.1 Å². The van der Waals surface area contributed by atoms with Gasteiger partial charge in [0.05, 0.1) is 18.2 Å². The zero-order valence-corrected chi connectivity index (χ0v) is 13.5. The van der Waals surface area contributed by atoms with Crippen LogP contribution in [0.1, 0.15) is 30.7 Å². The van der Waals surface area contributed by atoms with E-state index in [0.29, 0.717) is 12.5 Å². The monoisotopic (exact) mass is 338 g/mol. The molecule has 2 aromatic rings. The summed E-state index contributed by atoms with van der Waals surface area (Å²) in [5.74, 6) is 0.350. The van der Waals surface area contributed by atoms with Gasteiger partial charge in [-0.2, -0.15) is 0 Å². The molecule has 9 heteroatoms. The molecule has 0 saturated carbocycles. The molecule has 1 saturated heterocycles. The number of alkyl halides is 2. The number of halogens is 2. The Balaban J connectivity index is 1.54. The number of likely N-dealkylation sites (tertiary alicyclic amines) is 1. The van der Waals surface area contributed by atoms with Crippen molar-refractivity contribution >= 4 is 0 Å². The zero-order valence-electron chi connectivity index (χ0n) is 13.5. The van der Waals surface area contributed by atoms with Crippen LogP contribution in [0.4, 0.5) is 8.78 Å². The Morgan fingerprint density at radius 3 is 2.67 bits per heavy atom. The number of rotatable bonds is 5. The van der Waals surface area contributed by atoms with Crippen LogP contribution in [0.3, 0.4) is 0 Å². The van der Waals surface area contributed by atoms with Crippen molar-refractivity contribution in [2.24, 2.45) is 13.0 Å². The standard InChI is InChI=1S/C15H20F2N6O/c1-21-12(7-19-20-21)9-22-4-2-11(3-5-22)8-23-10-18-13(15(16)17)6-14(23)24/h6-7,10-11,15H,2-5,8-9H2,1H3. The van der Waals surface area contributed by atoms with Crippen LogP contribution >= 0.6 is 0 Å². The average molecular weight is 338 g/mol. The lowest BCUT2D eigenvalue weighted by atomic mass is 9.96. The molecule has 2 aromatic heterocycles. The van der Waals surface area contributed by atoms with Crippen LogP contribution in [0.15, 0.2) is 23.4 Å². The van der Waals surface area contributed by atoms with E-state index >= 15 is 0 Å². The Kier molecular flexibility index (Phi) is 4.98. The summed E-state index contributed by atoms with van der Waals surface area (Å²) in [5.41, 5.74) is 0.191. The Hall–Kier alpha value is -2.16. The first-order valence-electron chi connectivity index (χ1n) is 7.93. The minimum absolute atomic E-state index is 0.350. The molecular formula is C15H20F2N6O. The van der Waals surface area contributed by atoms with Gasteiger partial charge < -0.3 is 0 Å². The van der Waals surface area contributed by atoms with Gasteiger partial charge in [0, 0.05) is 26.2 Å². The van der Waals surface area contributed by atoms with Crippen LogP contribution in [0.25, 0.3) is 0 Å². The topological polar surface area (TPSA) is 68.8 Å². The van der Waals surface area contributed by atoms with Crippen LogP contribution in [-0.4, -0.2) is 42.5 Å². The van der Waals surface area contributed by atoms with Crippen LogP contribution < -0.4 is 5.56 Å². The molecule has 0 amide bonds. The molecule has 7 nitrogen and oxygen atoms in total. The largest absolute Gasteiger partial charge is 0.299 e. The van der Waals surface area contributed by atoms with Gasteiger partial charge in [0.25, 0.3) is 12.0 Å². The van der Waals surface area contributed by atoms with Crippen molar-refractivity contribution in [3.05, 3.63) is 40.3 Å². The van der Waals surface area contributed by atoms with Crippen LogP contribution in [0.2, 0.25) is 0 Å². The van der Waals surface area contributed by atoms with Crippen LogP contribution in [-0.2, 0) is 20.1 Å². The number of nitrogens with zero attached hydrogens (tertiary/aromatic N) is 6. The first kappa shape index (κ1) is 16.7. The molecule has 1 aliphatic heterocycles. The summed E-state index contributed by atoms with van der Waals surface area (Å²) < 4.78 is 28.3. The minimum atomic E-state index is -2.71. The summed E-state index contributed by atoms with van der Waals surface area (Å²) in [6.45, 7) is 3.18. The third-order valence-corrected chi connectivity index (χ3v) is 4.48.